The van der Waals surface area contributed by atoms with E-state index in [0.717, 1.165) is 11.5 Å². The molecule has 14 heavy (non-hydrogen) atoms. The molecule has 0 aliphatic rings. The van der Waals surface area contributed by atoms with Crippen LogP contribution in [-0.4, -0.2) is 31.7 Å². The molecule has 1 amide bonds. The molecule has 78 valence electrons. The summed E-state index contributed by atoms with van der Waals surface area (Å²) in [6.45, 7) is 1.94. The number of hydrogen-bond donors (Lipinski definition) is 1. The number of rotatable bonds is 4. The summed E-state index contributed by atoms with van der Waals surface area (Å²) in [6, 6.07) is 0. The minimum atomic E-state index is -0.305. The van der Waals surface area contributed by atoms with Gasteiger partial charge in [-0.1, -0.05) is 36.3 Å². The molecule has 1 heterocycles. The molecular weight excluding hydrogens is 334 g/mol. The van der Waals surface area contributed by atoms with Gasteiger partial charge in [-0.3, -0.25) is 4.79 Å². The van der Waals surface area contributed by atoms with Crippen molar-refractivity contribution in [1.82, 2.24) is 14.9 Å². The molecule has 0 atom stereocenters. The zero-order valence-electron chi connectivity index (χ0n) is 7.46. The van der Waals surface area contributed by atoms with Crippen LogP contribution in [0.5, 0.6) is 0 Å². The normalized spacial score (nSPS) is 11.4. The summed E-state index contributed by atoms with van der Waals surface area (Å²) in [5, 5.41) is 9.53. The van der Waals surface area contributed by atoms with E-state index in [2.05, 4.69) is 46.8 Å². The van der Waals surface area contributed by atoms with Crippen LogP contribution < -0.4 is 5.32 Å². The Hall–Kier alpha value is -0.0100. The van der Waals surface area contributed by atoms with Crippen LogP contribution >= 0.6 is 43.4 Å². The van der Waals surface area contributed by atoms with Crippen LogP contribution in [0, 0.1) is 0 Å². The fraction of sp³-hybridized carbons (Fsp3) is 0.571. The fourth-order valence-electron chi connectivity index (χ4n) is 0.704. The van der Waals surface area contributed by atoms with Crippen LogP contribution in [0.3, 0.4) is 0 Å². The van der Waals surface area contributed by atoms with Gasteiger partial charge in [0.2, 0.25) is 0 Å². The zero-order valence-corrected chi connectivity index (χ0v) is 11.4. The number of aromatic nitrogens is 2. The van der Waals surface area contributed by atoms with Gasteiger partial charge in [-0.05, 0) is 18.5 Å². The average molecular weight is 343 g/mol. The Morgan fingerprint density at radius 2 is 2.29 bits per heavy atom. The van der Waals surface area contributed by atoms with Gasteiger partial charge in [-0.25, -0.2) is 0 Å². The molecule has 0 bridgehead atoms. The number of nitrogens with one attached hydrogen (secondary N) is 1. The quantitative estimate of drug-likeness (QED) is 0.849. The van der Waals surface area contributed by atoms with Crippen LogP contribution in [0.4, 0.5) is 0 Å². The average Bonchev–Trinajstić information content (AvgIpc) is 2.70. The Bertz CT molecular complexity index is 300. The predicted molar refractivity (Wildman–Crippen MR) is 63.4 cm³/mol. The summed E-state index contributed by atoms with van der Waals surface area (Å²) in [5.41, 5.74) is 0.0591. The Labute approximate surface area is 103 Å². The first kappa shape index (κ1) is 12.1. The monoisotopic (exact) mass is 341 g/mol. The van der Waals surface area contributed by atoms with Crippen LogP contribution in [-0.2, 0) is 0 Å². The lowest BCUT2D eigenvalue weighted by Crippen LogP contribution is -2.49. The first-order chi connectivity index (χ1) is 6.61. The van der Waals surface area contributed by atoms with Gasteiger partial charge in [0, 0.05) is 16.0 Å². The Morgan fingerprint density at radius 1 is 1.64 bits per heavy atom. The minimum absolute atomic E-state index is 0.194. The van der Waals surface area contributed by atoms with Gasteiger partial charge in [0.25, 0.3) is 5.91 Å². The molecule has 0 unspecified atom stereocenters. The van der Waals surface area contributed by atoms with Crippen LogP contribution in [0.2, 0.25) is 0 Å². The van der Waals surface area contributed by atoms with E-state index in [-0.39, 0.29) is 11.4 Å². The maximum Gasteiger partial charge on any atom is 0.273 e. The molecule has 0 aromatic carbocycles. The van der Waals surface area contributed by atoms with E-state index in [0.29, 0.717) is 16.4 Å². The number of alkyl halides is 2. The summed E-state index contributed by atoms with van der Waals surface area (Å²) in [5.74, 6) is -0.194. The van der Waals surface area contributed by atoms with E-state index in [4.69, 9.17) is 0 Å². The van der Waals surface area contributed by atoms with Crippen molar-refractivity contribution in [3.8, 4) is 0 Å². The topological polar surface area (TPSA) is 54.9 Å². The molecule has 0 aliphatic carbocycles. The summed E-state index contributed by atoms with van der Waals surface area (Å²) in [7, 11) is 0. The minimum Gasteiger partial charge on any atom is -0.344 e. The molecule has 0 aliphatic heterocycles. The first-order valence-electron chi connectivity index (χ1n) is 3.83. The summed E-state index contributed by atoms with van der Waals surface area (Å²) >= 11 is 7.86. The van der Waals surface area contributed by atoms with Gasteiger partial charge in [0.05, 0.1) is 5.54 Å². The van der Waals surface area contributed by atoms with Gasteiger partial charge < -0.3 is 5.32 Å². The van der Waals surface area contributed by atoms with Gasteiger partial charge in [0.1, 0.15) is 0 Å². The van der Waals surface area contributed by atoms with Crippen molar-refractivity contribution < 1.29 is 4.79 Å². The fourth-order valence-corrected chi connectivity index (χ4v) is 2.35. The zero-order chi connectivity index (χ0) is 10.6. The predicted octanol–water partition coefficient (Wildman–Crippen LogP) is 1.82. The van der Waals surface area contributed by atoms with Gasteiger partial charge in [-0.15, -0.1) is 5.10 Å². The molecule has 0 radical (unpaired) electrons. The van der Waals surface area contributed by atoms with Gasteiger partial charge in [-0.2, -0.15) is 0 Å². The van der Waals surface area contributed by atoms with Crippen molar-refractivity contribution >= 4 is 49.3 Å². The third kappa shape index (κ3) is 2.99. The second-order valence-corrected chi connectivity index (χ2v) is 4.80. The Kier molecular flexibility index (Phi) is 4.46. The number of amides is 1. The second-order valence-electron chi connectivity index (χ2n) is 3.07. The van der Waals surface area contributed by atoms with Gasteiger partial charge in [0.15, 0.2) is 5.69 Å². The van der Waals surface area contributed by atoms with Crippen LogP contribution in [0.25, 0.3) is 0 Å². The van der Waals surface area contributed by atoms with Crippen molar-refractivity contribution in [3.63, 3.8) is 0 Å². The number of hydrogen-bond acceptors (Lipinski definition) is 4. The molecule has 0 saturated carbocycles. The summed E-state index contributed by atoms with van der Waals surface area (Å²) in [4.78, 5) is 11.6. The van der Waals surface area contributed by atoms with Crippen molar-refractivity contribution in [2.45, 2.75) is 12.5 Å². The van der Waals surface area contributed by atoms with Crippen LogP contribution in [0.15, 0.2) is 5.38 Å². The number of nitrogens with zero attached hydrogens (tertiary/aromatic N) is 2. The van der Waals surface area contributed by atoms with Crippen molar-refractivity contribution in [2.75, 3.05) is 10.7 Å². The molecule has 1 aromatic rings. The highest BCUT2D eigenvalue weighted by atomic mass is 79.9. The van der Waals surface area contributed by atoms with E-state index in [9.17, 15) is 4.79 Å². The maximum absolute atomic E-state index is 11.6. The molecule has 1 aromatic heterocycles. The molecule has 0 saturated heterocycles. The van der Waals surface area contributed by atoms with E-state index in [1.54, 1.807) is 5.38 Å². The lowest BCUT2D eigenvalue weighted by molar-refractivity contribution is 0.0918. The Morgan fingerprint density at radius 3 is 2.71 bits per heavy atom. The molecule has 1 N–H and O–H groups in total. The molecule has 7 heteroatoms. The summed E-state index contributed by atoms with van der Waals surface area (Å²) in [6.07, 6.45) is 0. The van der Waals surface area contributed by atoms with E-state index in [1.807, 2.05) is 6.92 Å². The van der Waals surface area contributed by atoms with Crippen molar-refractivity contribution in [3.05, 3.63) is 11.1 Å². The summed E-state index contributed by atoms with van der Waals surface area (Å²) < 4.78 is 3.63. The van der Waals surface area contributed by atoms with E-state index >= 15 is 0 Å². The third-order valence-corrected chi connectivity index (χ3v) is 4.58. The molecular formula is C7H9Br2N3OS. The number of halogens is 2. The van der Waals surface area contributed by atoms with Gasteiger partial charge >= 0.3 is 0 Å². The standard InChI is InChI=1S/C7H9Br2N3OS/c1-7(3-8,4-9)10-6(13)5-2-14-12-11-5/h2H,3-4H2,1H3,(H,10,13). The lowest BCUT2D eigenvalue weighted by Gasteiger charge is -2.25. The SMILES string of the molecule is CC(CBr)(CBr)NC(=O)c1csnn1. The van der Waals surface area contributed by atoms with E-state index < -0.39 is 0 Å². The smallest absolute Gasteiger partial charge is 0.273 e. The Balaban J connectivity index is 2.65. The molecule has 1 rings (SSSR count). The van der Waals surface area contributed by atoms with Crippen molar-refractivity contribution in [1.29, 1.82) is 0 Å². The second kappa shape index (κ2) is 5.18. The van der Waals surface area contributed by atoms with E-state index in [1.165, 1.54) is 0 Å². The molecule has 0 fully saturated rings. The largest absolute Gasteiger partial charge is 0.344 e. The highest BCUT2D eigenvalue weighted by Crippen LogP contribution is 2.12. The highest BCUT2D eigenvalue weighted by Gasteiger charge is 2.25. The lowest BCUT2D eigenvalue weighted by atomic mass is 10.1. The van der Waals surface area contributed by atoms with Crippen LogP contribution in [0.1, 0.15) is 17.4 Å². The molecule has 0 spiro atoms. The highest BCUT2D eigenvalue weighted by molar-refractivity contribution is 9.09. The first-order valence-corrected chi connectivity index (χ1v) is 6.91. The maximum atomic E-state index is 11.6. The third-order valence-electron chi connectivity index (χ3n) is 1.60. The number of carbonyl (C=O) groups is 1. The molecule has 4 nitrogen and oxygen atoms in total. The number of carbonyl (C=O) groups excluding carboxylic acids is 1. The van der Waals surface area contributed by atoms with Crippen molar-refractivity contribution in [2.24, 2.45) is 0 Å².